The van der Waals surface area contributed by atoms with Gasteiger partial charge in [0.05, 0.1) is 17.5 Å². The van der Waals surface area contributed by atoms with Crippen LogP contribution in [0.1, 0.15) is 162 Å². The number of hydrogen-bond donors (Lipinski definition) is 3. The summed E-state index contributed by atoms with van der Waals surface area (Å²) in [6.07, 6.45) is 7.34. The van der Waals surface area contributed by atoms with Crippen molar-refractivity contribution in [1.82, 2.24) is 15.1 Å². The number of carboxylic acids is 1. The van der Waals surface area contributed by atoms with E-state index >= 15 is 0 Å². The van der Waals surface area contributed by atoms with Crippen molar-refractivity contribution in [3.63, 3.8) is 0 Å². The van der Waals surface area contributed by atoms with Crippen LogP contribution in [0.5, 0.6) is 0 Å². The van der Waals surface area contributed by atoms with Crippen LogP contribution in [0.15, 0.2) is 97.1 Å². The van der Waals surface area contributed by atoms with Crippen LogP contribution in [-0.2, 0) is 22.4 Å². The van der Waals surface area contributed by atoms with E-state index < -0.39 is 17.6 Å². The number of nitrogens with zero attached hydrogens (tertiary/aromatic N) is 2. The van der Waals surface area contributed by atoms with E-state index in [1.165, 1.54) is 30.5 Å². The summed E-state index contributed by atoms with van der Waals surface area (Å²) in [5, 5.41) is 12.1. The third-order valence-electron chi connectivity index (χ3n) is 13.6. The van der Waals surface area contributed by atoms with Gasteiger partial charge in [0, 0.05) is 44.4 Å². The van der Waals surface area contributed by atoms with Crippen molar-refractivity contribution in [3.8, 4) is 0 Å². The second-order valence-corrected chi connectivity index (χ2v) is 20.9. The van der Waals surface area contributed by atoms with E-state index in [2.05, 4.69) is 68.8 Å². The molecule has 0 spiro atoms. The van der Waals surface area contributed by atoms with Crippen LogP contribution in [0.3, 0.4) is 0 Å². The number of carbonyl (C=O) groups is 4. The average molecular weight is 951 g/mol. The van der Waals surface area contributed by atoms with Crippen molar-refractivity contribution < 1.29 is 33.1 Å². The van der Waals surface area contributed by atoms with Crippen molar-refractivity contribution in [2.24, 2.45) is 16.6 Å². The molecule has 4 N–H and O–H groups in total. The van der Waals surface area contributed by atoms with Crippen LogP contribution in [0.4, 0.5) is 8.78 Å². The number of nitrogens with two attached hydrogens (primary N) is 1. The molecule has 2 fully saturated rings. The van der Waals surface area contributed by atoms with E-state index in [1.54, 1.807) is 26.0 Å². The van der Waals surface area contributed by atoms with E-state index in [9.17, 15) is 28.0 Å². The highest BCUT2D eigenvalue weighted by molar-refractivity contribution is 5.96. The lowest BCUT2D eigenvalue weighted by molar-refractivity contribution is -0.138. The molecule has 2 saturated heterocycles. The summed E-state index contributed by atoms with van der Waals surface area (Å²) in [5.41, 5.74) is 10.2. The number of nitrogens with one attached hydrogen (secondary N) is 1. The molecule has 2 aliphatic rings. The van der Waals surface area contributed by atoms with Crippen molar-refractivity contribution in [3.05, 3.63) is 142 Å². The number of Topliss-reactive ketones (excluding diaryl/α,β-unsaturated/α-hetero) is 2. The summed E-state index contributed by atoms with van der Waals surface area (Å²) in [6.45, 7) is 21.5. The number of benzene rings is 4. The maximum absolute atomic E-state index is 14.5. The third-order valence-corrected chi connectivity index (χ3v) is 13.6. The molecule has 2 aliphatic heterocycles. The average Bonchev–Trinajstić information content (AvgIpc) is 4.07. The summed E-state index contributed by atoms with van der Waals surface area (Å²) in [4.78, 5) is 52.1. The van der Waals surface area contributed by atoms with Gasteiger partial charge in [-0.1, -0.05) is 128 Å². The molecule has 0 unspecified atom stereocenters. The van der Waals surface area contributed by atoms with Crippen molar-refractivity contribution in [2.75, 3.05) is 39.3 Å². The Hall–Kier alpha value is -5.10. The number of ketones is 2. The molecule has 4 atom stereocenters. The summed E-state index contributed by atoms with van der Waals surface area (Å²) >= 11 is 0. The minimum absolute atomic E-state index is 0.0280. The van der Waals surface area contributed by atoms with Gasteiger partial charge in [0.2, 0.25) is 5.91 Å². The number of rotatable bonds is 19. The van der Waals surface area contributed by atoms with Crippen LogP contribution < -0.4 is 11.1 Å². The first-order chi connectivity index (χ1) is 32.7. The zero-order chi connectivity index (χ0) is 50.7. The number of aliphatic carboxylic acids is 1. The minimum Gasteiger partial charge on any atom is -0.481 e. The van der Waals surface area contributed by atoms with Gasteiger partial charge in [0.25, 0.3) is 0 Å². The van der Waals surface area contributed by atoms with Crippen molar-refractivity contribution in [1.29, 1.82) is 0 Å². The van der Waals surface area contributed by atoms with Gasteiger partial charge in [0.1, 0.15) is 11.6 Å². The fraction of sp³-hybridized carbons (Fsp3) is 0.517. The summed E-state index contributed by atoms with van der Waals surface area (Å²) in [7, 11) is 0. The number of amides is 1. The molecular weight excluding hydrogens is 871 g/mol. The Kier molecular flexibility index (Phi) is 22.4. The standard InChI is InChI=1S/C29H39FN2O2.C16H23FN2O.C13H18O2/c1-5-27(33)24-14-13-21(18-26(24)30)17-23(32-15-9-10-16-32)20-31-28(34)19-25(29(2,3)4)22-11-7-6-8-12-22;1-2-16(20)14-6-5-12(10-15(14)17)9-13(11-18)19-7-3-4-8-19;1-13(2,3)11(9-12(14)15)10-7-5-4-6-8-10/h6-8,11-14,18,23,25H,5,9-10,15-17,19-20H2,1-4H3,(H,31,34);5-6,10,13H,2-4,7-9,11,18H2,1H3;4-8,11H,9H2,1-3H3,(H,14,15)/t23-,25+;13-;11-/m001/s1. The van der Waals surface area contributed by atoms with Gasteiger partial charge in [-0.25, -0.2) is 8.78 Å². The van der Waals surface area contributed by atoms with E-state index in [0.29, 0.717) is 32.4 Å². The van der Waals surface area contributed by atoms with Crippen LogP contribution in [0, 0.1) is 22.5 Å². The first-order valence-corrected chi connectivity index (χ1v) is 25.1. The maximum atomic E-state index is 14.5. The summed E-state index contributed by atoms with van der Waals surface area (Å²) < 4.78 is 28.5. The molecule has 2 heterocycles. The Bertz CT molecular complexity index is 2230. The highest BCUT2D eigenvalue weighted by atomic mass is 19.1. The lowest BCUT2D eigenvalue weighted by Gasteiger charge is -2.32. The Morgan fingerprint density at radius 3 is 1.36 bits per heavy atom. The molecule has 69 heavy (non-hydrogen) atoms. The van der Waals surface area contributed by atoms with E-state index in [4.69, 9.17) is 10.8 Å². The van der Waals surface area contributed by atoms with Gasteiger partial charge < -0.3 is 16.2 Å². The molecule has 11 heteroatoms. The fourth-order valence-electron chi connectivity index (χ4n) is 9.54. The lowest BCUT2D eigenvalue weighted by atomic mass is 9.74. The maximum Gasteiger partial charge on any atom is 0.303 e. The molecule has 9 nitrogen and oxygen atoms in total. The summed E-state index contributed by atoms with van der Waals surface area (Å²) in [6, 6.07) is 30.3. The lowest BCUT2D eigenvalue weighted by Crippen LogP contribution is -2.44. The zero-order valence-electron chi connectivity index (χ0n) is 42.7. The van der Waals surface area contributed by atoms with Gasteiger partial charge in [0.15, 0.2) is 11.6 Å². The van der Waals surface area contributed by atoms with Gasteiger partial charge in [-0.2, -0.15) is 0 Å². The minimum atomic E-state index is -0.737. The molecular formula is C58H80F2N4O5. The topological polar surface area (TPSA) is 133 Å². The van der Waals surface area contributed by atoms with Gasteiger partial charge in [-0.15, -0.1) is 0 Å². The monoisotopic (exact) mass is 951 g/mol. The van der Waals surface area contributed by atoms with Gasteiger partial charge in [-0.3, -0.25) is 29.0 Å². The number of carbonyl (C=O) groups excluding carboxylic acids is 3. The Labute approximate surface area is 411 Å². The summed E-state index contributed by atoms with van der Waals surface area (Å²) in [5.74, 6) is -1.70. The first kappa shape index (κ1) is 56.5. The number of likely N-dealkylation sites (tertiary alicyclic amines) is 2. The normalized spacial score (nSPS) is 16.0. The van der Waals surface area contributed by atoms with Gasteiger partial charge in [-0.05, 0) is 134 Å². The van der Waals surface area contributed by atoms with Gasteiger partial charge >= 0.3 is 5.97 Å². The number of carboxylic acid groups (broad SMARTS) is 1. The number of halogens is 2. The predicted molar refractivity (Wildman–Crippen MR) is 275 cm³/mol. The van der Waals surface area contributed by atoms with Crippen LogP contribution in [0.25, 0.3) is 0 Å². The highest BCUT2D eigenvalue weighted by Crippen LogP contribution is 2.38. The Balaban J connectivity index is 0.000000250. The second-order valence-electron chi connectivity index (χ2n) is 20.9. The highest BCUT2D eigenvalue weighted by Gasteiger charge is 2.31. The largest absolute Gasteiger partial charge is 0.481 e. The molecule has 376 valence electrons. The molecule has 0 aliphatic carbocycles. The fourth-order valence-corrected chi connectivity index (χ4v) is 9.54. The molecule has 0 radical (unpaired) electrons. The van der Waals surface area contributed by atoms with E-state index in [-0.39, 0.29) is 76.2 Å². The predicted octanol–water partition coefficient (Wildman–Crippen LogP) is 11.4. The van der Waals surface area contributed by atoms with E-state index in [1.807, 2.05) is 60.7 Å². The van der Waals surface area contributed by atoms with Crippen LogP contribution in [0.2, 0.25) is 0 Å². The second kappa shape index (κ2) is 27.3. The first-order valence-electron chi connectivity index (χ1n) is 25.1. The third kappa shape index (κ3) is 18.0. The molecule has 0 saturated carbocycles. The smallest absolute Gasteiger partial charge is 0.303 e. The van der Waals surface area contributed by atoms with E-state index in [0.717, 1.165) is 62.1 Å². The van der Waals surface area contributed by atoms with Crippen molar-refractivity contribution >= 4 is 23.4 Å². The van der Waals surface area contributed by atoms with Crippen LogP contribution >= 0.6 is 0 Å². The zero-order valence-corrected chi connectivity index (χ0v) is 42.7. The molecule has 6 rings (SSSR count). The van der Waals surface area contributed by atoms with Crippen molar-refractivity contribution in [2.45, 2.75) is 144 Å². The Morgan fingerprint density at radius 2 is 1.00 bits per heavy atom. The molecule has 4 aromatic carbocycles. The van der Waals surface area contributed by atoms with Crippen LogP contribution in [-0.4, -0.2) is 89.7 Å². The Morgan fingerprint density at radius 1 is 0.609 bits per heavy atom. The quantitative estimate of drug-likeness (QED) is 0.0792. The molecule has 1 amide bonds. The SMILES string of the molecule is CC(C)(C)[C@H](CC(=O)O)c1ccccc1.CCC(=O)c1ccc(C[C@@H](CN)N2CCCC2)cc1F.CCC(=O)c1ccc(C[C@@H](CNC(=O)C[C@H](c2ccccc2)C(C)(C)C)N2CCCC2)cc1F. The molecule has 4 aromatic rings. The number of hydrogen-bond acceptors (Lipinski definition) is 7. The molecule has 0 bridgehead atoms. The molecule has 0 aromatic heterocycles.